The van der Waals surface area contributed by atoms with E-state index in [1.165, 1.54) is 21.7 Å². The minimum absolute atomic E-state index is 0.109. The Labute approximate surface area is 145 Å². The van der Waals surface area contributed by atoms with Crippen LogP contribution in [0.5, 0.6) is 0 Å². The maximum atomic E-state index is 12.1. The number of amides is 1. The van der Waals surface area contributed by atoms with Gasteiger partial charge in [0.25, 0.3) is 0 Å². The first-order valence-corrected chi connectivity index (χ1v) is 8.64. The van der Waals surface area contributed by atoms with Gasteiger partial charge in [-0.2, -0.15) is 0 Å². The highest BCUT2D eigenvalue weighted by molar-refractivity contribution is 7.17. The molecule has 1 aromatic carbocycles. The molecule has 0 aliphatic heterocycles. The number of thiophene rings is 1. The highest BCUT2D eigenvalue weighted by Gasteiger charge is 2.18. The summed E-state index contributed by atoms with van der Waals surface area (Å²) in [4.78, 5) is 14.2. The molecular formula is C19H20N2O2S. The number of rotatable bonds is 6. The fourth-order valence-corrected chi connectivity index (χ4v) is 3.63. The number of nitrogens with one attached hydrogen (secondary N) is 1. The molecule has 0 radical (unpaired) electrons. The third kappa shape index (κ3) is 3.75. The molecule has 2 aromatic heterocycles. The lowest BCUT2D eigenvalue weighted by Crippen LogP contribution is -2.33. The fourth-order valence-electron chi connectivity index (χ4n) is 2.63. The Bertz CT molecular complexity index is 834. The molecule has 0 saturated carbocycles. The zero-order valence-corrected chi connectivity index (χ0v) is 14.5. The Balaban J connectivity index is 1.69. The van der Waals surface area contributed by atoms with Gasteiger partial charge in [-0.05, 0) is 48.6 Å². The van der Waals surface area contributed by atoms with E-state index in [2.05, 4.69) is 39.9 Å². The first kappa shape index (κ1) is 16.5. The topological polar surface area (TPSA) is 45.5 Å². The van der Waals surface area contributed by atoms with Crippen molar-refractivity contribution >= 4 is 33.4 Å². The molecule has 3 aromatic rings. The number of hydrogen-bond acceptors (Lipinski definition) is 4. The van der Waals surface area contributed by atoms with Crippen LogP contribution < -0.4 is 5.32 Å². The molecule has 1 atom stereocenters. The van der Waals surface area contributed by atoms with Crippen molar-refractivity contribution in [1.82, 2.24) is 10.2 Å². The molecule has 0 fully saturated rings. The molecule has 0 bridgehead atoms. The molecular weight excluding hydrogens is 320 g/mol. The van der Waals surface area contributed by atoms with Gasteiger partial charge in [-0.15, -0.1) is 11.3 Å². The molecule has 0 aliphatic carbocycles. The number of nitrogens with zero attached hydrogens (tertiary/aromatic N) is 1. The van der Waals surface area contributed by atoms with Crippen LogP contribution in [0.15, 0.2) is 58.7 Å². The lowest BCUT2D eigenvalue weighted by atomic mass is 10.0. The van der Waals surface area contributed by atoms with Gasteiger partial charge in [0.05, 0.1) is 18.6 Å². The van der Waals surface area contributed by atoms with E-state index in [0.29, 0.717) is 6.54 Å². The van der Waals surface area contributed by atoms with Gasteiger partial charge in [-0.25, -0.2) is 0 Å². The van der Waals surface area contributed by atoms with E-state index in [1.54, 1.807) is 29.9 Å². The molecule has 0 saturated heterocycles. The summed E-state index contributed by atoms with van der Waals surface area (Å²) in [5.41, 5.74) is 2.12. The molecule has 0 aliphatic rings. The van der Waals surface area contributed by atoms with Crippen LogP contribution in [0.3, 0.4) is 0 Å². The summed E-state index contributed by atoms with van der Waals surface area (Å²) in [6.07, 6.45) is 6.46. The highest BCUT2D eigenvalue weighted by atomic mass is 32.1. The van der Waals surface area contributed by atoms with Crippen LogP contribution in [-0.2, 0) is 4.79 Å². The Hall–Kier alpha value is -2.37. The minimum atomic E-state index is -0.109. The Kier molecular flexibility index (Phi) is 5.13. The van der Waals surface area contributed by atoms with E-state index >= 15 is 0 Å². The Morgan fingerprint density at radius 2 is 2.17 bits per heavy atom. The summed E-state index contributed by atoms with van der Waals surface area (Å²) in [5, 5.41) is 6.42. The minimum Gasteiger partial charge on any atom is -0.472 e. The van der Waals surface area contributed by atoms with Gasteiger partial charge < -0.3 is 14.6 Å². The average Bonchev–Trinajstić information content (AvgIpc) is 3.23. The average molecular weight is 340 g/mol. The summed E-state index contributed by atoms with van der Waals surface area (Å²) >= 11 is 1.74. The number of likely N-dealkylation sites (N-methyl/N-ethyl adjacent to an activating group) is 1. The van der Waals surface area contributed by atoms with Gasteiger partial charge in [0.2, 0.25) is 5.91 Å². The normalized spacial score (nSPS) is 13.0. The van der Waals surface area contributed by atoms with Gasteiger partial charge in [-0.3, -0.25) is 4.79 Å². The van der Waals surface area contributed by atoms with Crippen LogP contribution >= 0.6 is 11.3 Å². The van der Waals surface area contributed by atoms with Crippen LogP contribution in [0.1, 0.15) is 17.2 Å². The van der Waals surface area contributed by atoms with Crippen LogP contribution in [-0.4, -0.2) is 31.4 Å². The summed E-state index contributed by atoms with van der Waals surface area (Å²) < 4.78 is 6.25. The lowest BCUT2D eigenvalue weighted by molar-refractivity contribution is -0.116. The lowest BCUT2D eigenvalue weighted by Gasteiger charge is -2.24. The standard InChI is InChI=1S/C19H20N2O2S/c1-21(2)17(16-13-24-18-6-4-3-5-15(16)18)11-20-19(22)8-7-14-9-10-23-12-14/h3-10,12-13,17H,11H2,1-2H3,(H,20,22). The molecule has 1 unspecified atom stereocenters. The molecule has 2 heterocycles. The smallest absolute Gasteiger partial charge is 0.244 e. The van der Waals surface area contributed by atoms with E-state index in [1.807, 2.05) is 20.2 Å². The number of hydrogen-bond donors (Lipinski definition) is 1. The van der Waals surface area contributed by atoms with Crippen molar-refractivity contribution < 1.29 is 9.21 Å². The molecule has 124 valence electrons. The van der Waals surface area contributed by atoms with Crippen molar-refractivity contribution in [2.24, 2.45) is 0 Å². The molecule has 1 N–H and O–H groups in total. The van der Waals surface area contributed by atoms with E-state index in [4.69, 9.17) is 4.42 Å². The molecule has 24 heavy (non-hydrogen) atoms. The quantitative estimate of drug-likeness (QED) is 0.692. The van der Waals surface area contributed by atoms with Crippen molar-refractivity contribution in [2.45, 2.75) is 6.04 Å². The van der Waals surface area contributed by atoms with Crippen molar-refractivity contribution in [3.05, 3.63) is 65.4 Å². The molecule has 0 spiro atoms. The van der Waals surface area contributed by atoms with Gasteiger partial charge in [-0.1, -0.05) is 18.2 Å². The monoisotopic (exact) mass is 340 g/mol. The predicted octanol–water partition coefficient (Wildman–Crippen LogP) is 3.93. The van der Waals surface area contributed by atoms with Crippen molar-refractivity contribution in [3.63, 3.8) is 0 Å². The van der Waals surface area contributed by atoms with Crippen molar-refractivity contribution in [1.29, 1.82) is 0 Å². The number of carbonyl (C=O) groups excluding carboxylic acids is 1. The second kappa shape index (κ2) is 7.47. The van der Waals surface area contributed by atoms with Gasteiger partial charge in [0.1, 0.15) is 0 Å². The number of furan rings is 1. The highest BCUT2D eigenvalue weighted by Crippen LogP contribution is 2.31. The maximum Gasteiger partial charge on any atom is 0.244 e. The van der Waals surface area contributed by atoms with E-state index in [-0.39, 0.29) is 11.9 Å². The Morgan fingerprint density at radius 3 is 2.92 bits per heavy atom. The fraction of sp³-hybridized carbons (Fsp3) is 0.211. The molecule has 4 nitrogen and oxygen atoms in total. The zero-order chi connectivity index (χ0) is 16.9. The summed E-state index contributed by atoms with van der Waals surface area (Å²) in [5.74, 6) is -0.109. The van der Waals surface area contributed by atoms with E-state index in [0.717, 1.165) is 5.56 Å². The van der Waals surface area contributed by atoms with Gasteiger partial charge in [0.15, 0.2) is 0 Å². The van der Waals surface area contributed by atoms with Crippen LogP contribution in [0.4, 0.5) is 0 Å². The molecule has 3 rings (SSSR count). The van der Waals surface area contributed by atoms with E-state index < -0.39 is 0 Å². The van der Waals surface area contributed by atoms with Crippen molar-refractivity contribution in [2.75, 3.05) is 20.6 Å². The summed E-state index contributed by atoms with van der Waals surface area (Å²) in [7, 11) is 4.06. The third-order valence-electron chi connectivity index (χ3n) is 3.93. The first-order chi connectivity index (χ1) is 11.6. The maximum absolute atomic E-state index is 12.1. The van der Waals surface area contributed by atoms with Crippen molar-refractivity contribution in [3.8, 4) is 0 Å². The summed E-state index contributed by atoms with van der Waals surface area (Å²) in [6.45, 7) is 0.558. The molecule has 1 amide bonds. The first-order valence-electron chi connectivity index (χ1n) is 7.76. The number of carbonyl (C=O) groups is 1. The number of benzene rings is 1. The number of fused-ring (bicyclic) bond motifs is 1. The second-order valence-electron chi connectivity index (χ2n) is 5.80. The zero-order valence-electron chi connectivity index (χ0n) is 13.7. The third-order valence-corrected chi connectivity index (χ3v) is 4.91. The largest absolute Gasteiger partial charge is 0.472 e. The second-order valence-corrected chi connectivity index (χ2v) is 6.71. The SMILES string of the molecule is CN(C)C(CNC(=O)C=Cc1ccoc1)c1csc2ccccc12. The van der Waals surface area contributed by atoms with Gasteiger partial charge in [0, 0.05) is 22.9 Å². The van der Waals surface area contributed by atoms with E-state index in [9.17, 15) is 4.79 Å². The summed E-state index contributed by atoms with van der Waals surface area (Å²) in [6, 6.07) is 10.3. The predicted molar refractivity (Wildman–Crippen MR) is 99.0 cm³/mol. The van der Waals surface area contributed by atoms with Crippen LogP contribution in [0, 0.1) is 0 Å². The van der Waals surface area contributed by atoms with Gasteiger partial charge >= 0.3 is 0 Å². The molecule has 5 heteroatoms. The van der Waals surface area contributed by atoms with Crippen LogP contribution in [0.2, 0.25) is 0 Å². The van der Waals surface area contributed by atoms with Crippen LogP contribution in [0.25, 0.3) is 16.2 Å². The Morgan fingerprint density at radius 1 is 1.33 bits per heavy atom.